The molecule has 1 aliphatic carbocycles. The summed E-state index contributed by atoms with van der Waals surface area (Å²) in [6, 6.07) is 0. The first-order chi connectivity index (χ1) is 8.09. The predicted octanol–water partition coefficient (Wildman–Crippen LogP) is 1.71. The highest BCUT2D eigenvalue weighted by molar-refractivity contribution is 7.87. The quantitative estimate of drug-likeness (QED) is 0.797. The Hall–Kier alpha value is 0.160. The Kier molecular flexibility index (Phi) is 4.69. The lowest BCUT2D eigenvalue weighted by atomic mass is 10.1. The van der Waals surface area contributed by atoms with E-state index in [1.54, 1.807) is 4.31 Å². The number of rotatable bonds is 4. The summed E-state index contributed by atoms with van der Waals surface area (Å²) in [6.07, 6.45) is 6.25. The molecule has 2 atom stereocenters. The average molecular weight is 281 g/mol. The molecule has 2 fully saturated rings. The van der Waals surface area contributed by atoms with Crippen LogP contribution in [0.4, 0.5) is 0 Å². The van der Waals surface area contributed by atoms with E-state index in [9.17, 15) is 8.42 Å². The zero-order chi connectivity index (χ0) is 12.3. The fraction of sp³-hybridized carbons (Fsp3) is 1.00. The molecule has 4 nitrogen and oxygen atoms in total. The molecule has 0 amide bonds. The average Bonchev–Trinajstić information content (AvgIpc) is 2.74. The van der Waals surface area contributed by atoms with Crippen molar-refractivity contribution in [1.29, 1.82) is 0 Å². The van der Waals surface area contributed by atoms with Crippen LogP contribution in [-0.4, -0.2) is 37.7 Å². The van der Waals surface area contributed by atoms with Gasteiger partial charge in [-0.15, -0.1) is 11.6 Å². The Labute approximate surface area is 109 Å². The van der Waals surface area contributed by atoms with Crippen molar-refractivity contribution >= 4 is 21.8 Å². The van der Waals surface area contributed by atoms with E-state index in [0.717, 1.165) is 38.5 Å². The number of nitrogens with zero attached hydrogens (tertiary/aromatic N) is 1. The molecular weight excluding hydrogens is 260 g/mol. The van der Waals surface area contributed by atoms with Gasteiger partial charge < -0.3 is 0 Å². The maximum absolute atomic E-state index is 12.0. The number of hydrogen-bond donors (Lipinski definition) is 1. The van der Waals surface area contributed by atoms with Crippen LogP contribution in [0.15, 0.2) is 0 Å². The van der Waals surface area contributed by atoms with E-state index in [2.05, 4.69) is 4.72 Å². The zero-order valence-electron chi connectivity index (χ0n) is 10.1. The van der Waals surface area contributed by atoms with Gasteiger partial charge in [0.05, 0.1) is 0 Å². The summed E-state index contributed by atoms with van der Waals surface area (Å²) in [4.78, 5) is 0. The molecule has 2 aliphatic rings. The molecule has 2 unspecified atom stereocenters. The molecule has 1 saturated heterocycles. The summed E-state index contributed by atoms with van der Waals surface area (Å²) in [6.45, 7) is 1.81. The fourth-order valence-corrected chi connectivity index (χ4v) is 4.35. The lowest BCUT2D eigenvalue weighted by molar-refractivity contribution is 0.339. The lowest BCUT2D eigenvalue weighted by Gasteiger charge is -2.26. The smallest absolute Gasteiger partial charge is 0.202 e. The van der Waals surface area contributed by atoms with Crippen molar-refractivity contribution in [3.8, 4) is 0 Å². The Bertz CT molecular complexity index is 341. The van der Waals surface area contributed by atoms with Gasteiger partial charge in [-0.25, -0.2) is 4.72 Å². The largest absolute Gasteiger partial charge is 0.279 e. The highest BCUT2D eigenvalue weighted by atomic mass is 35.5. The van der Waals surface area contributed by atoms with Crippen LogP contribution in [0.3, 0.4) is 0 Å². The Morgan fingerprint density at radius 1 is 1.12 bits per heavy atom. The minimum absolute atomic E-state index is 0.138. The molecule has 0 spiro atoms. The number of hydrogen-bond acceptors (Lipinski definition) is 2. The third kappa shape index (κ3) is 3.56. The fourth-order valence-electron chi connectivity index (χ4n) is 2.63. The third-order valence-electron chi connectivity index (χ3n) is 3.75. The van der Waals surface area contributed by atoms with Crippen molar-refractivity contribution in [3.63, 3.8) is 0 Å². The molecule has 2 rings (SSSR count). The zero-order valence-corrected chi connectivity index (χ0v) is 11.6. The molecule has 1 saturated carbocycles. The van der Waals surface area contributed by atoms with Crippen LogP contribution in [-0.2, 0) is 10.2 Å². The van der Waals surface area contributed by atoms with Crippen molar-refractivity contribution in [2.45, 2.75) is 43.9 Å². The molecule has 0 bridgehead atoms. The van der Waals surface area contributed by atoms with Gasteiger partial charge in [0.1, 0.15) is 0 Å². The minimum Gasteiger partial charge on any atom is -0.202 e. The van der Waals surface area contributed by atoms with Crippen LogP contribution in [0.25, 0.3) is 0 Å². The van der Waals surface area contributed by atoms with E-state index >= 15 is 0 Å². The molecule has 0 aromatic heterocycles. The van der Waals surface area contributed by atoms with E-state index in [4.69, 9.17) is 11.6 Å². The third-order valence-corrected chi connectivity index (χ3v) is 5.90. The summed E-state index contributed by atoms with van der Waals surface area (Å²) in [5.41, 5.74) is 0. The molecule has 0 aromatic carbocycles. The monoisotopic (exact) mass is 280 g/mol. The van der Waals surface area contributed by atoms with Gasteiger partial charge in [0.25, 0.3) is 10.2 Å². The highest BCUT2D eigenvalue weighted by Crippen LogP contribution is 2.29. The standard InChI is InChI=1S/C11H21ClN2O2S/c12-11-6-4-5-10(11)9-13-17(15,16)14-7-2-1-3-8-14/h10-11,13H,1-9H2. The van der Waals surface area contributed by atoms with Gasteiger partial charge in [-0.1, -0.05) is 12.8 Å². The number of piperidine rings is 1. The van der Waals surface area contributed by atoms with E-state index in [0.29, 0.717) is 25.6 Å². The molecule has 6 heteroatoms. The maximum Gasteiger partial charge on any atom is 0.279 e. The number of halogens is 1. The first-order valence-electron chi connectivity index (χ1n) is 6.48. The van der Waals surface area contributed by atoms with Crippen LogP contribution < -0.4 is 4.72 Å². The molecule has 0 aromatic rings. The second-order valence-electron chi connectivity index (χ2n) is 5.02. The van der Waals surface area contributed by atoms with Crippen molar-refractivity contribution in [2.75, 3.05) is 19.6 Å². The van der Waals surface area contributed by atoms with E-state index in [1.807, 2.05) is 0 Å². The van der Waals surface area contributed by atoms with Crippen LogP contribution in [0.5, 0.6) is 0 Å². The first kappa shape index (κ1) is 13.6. The van der Waals surface area contributed by atoms with E-state index in [-0.39, 0.29) is 5.38 Å². The van der Waals surface area contributed by atoms with Crippen molar-refractivity contribution in [3.05, 3.63) is 0 Å². The normalized spacial score (nSPS) is 31.8. The van der Waals surface area contributed by atoms with Gasteiger partial charge in [0, 0.05) is 25.0 Å². The SMILES string of the molecule is O=S(=O)(NCC1CCCC1Cl)N1CCCCC1. The molecule has 1 heterocycles. The van der Waals surface area contributed by atoms with E-state index < -0.39 is 10.2 Å². The number of nitrogens with one attached hydrogen (secondary N) is 1. The minimum atomic E-state index is -3.27. The van der Waals surface area contributed by atoms with Crippen LogP contribution in [0.2, 0.25) is 0 Å². The Morgan fingerprint density at radius 2 is 1.82 bits per heavy atom. The number of alkyl halides is 1. The van der Waals surface area contributed by atoms with Gasteiger partial charge in [-0.2, -0.15) is 12.7 Å². The Balaban J connectivity index is 1.84. The van der Waals surface area contributed by atoms with Gasteiger partial charge in [-0.05, 0) is 31.6 Å². The lowest BCUT2D eigenvalue weighted by Crippen LogP contribution is -2.45. The van der Waals surface area contributed by atoms with Crippen LogP contribution in [0.1, 0.15) is 38.5 Å². The van der Waals surface area contributed by atoms with Crippen molar-refractivity contribution < 1.29 is 8.42 Å². The highest BCUT2D eigenvalue weighted by Gasteiger charge is 2.29. The molecular formula is C11H21ClN2O2S. The first-order valence-corrected chi connectivity index (χ1v) is 8.36. The van der Waals surface area contributed by atoms with Crippen molar-refractivity contribution in [2.24, 2.45) is 5.92 Å². The molecule has 1 aliphatic heterocycles. The summed E-state index contributed by atoms with van der Waals surface area (Å²) in [5.74, 6) is 0.302. The molecule has 17 heavy (non-hydrogen) atoms. The molecule has 1 N–H and O–H groups in total. The summed E-state index contributed by atoms with van der Waals surface area (Å²) < 4.78 is 28.3. The summed E-state index contributed by atoms with van der Waals surface area (Å²) in [7, 11) is -3.27. The van der Waals surface area contributed by atoms with Gasteiger partial charge in [0.2, 0.25) is 0 Å². The summed E-state index contributed by atoms with van der Waals surface area (Å²) in [5, 5.41) is 0.138. The van der Waals surface area contributed by atoms with Gasteiger partial charge in [-0.3, -0.25) is 0 Å². The van der Waals surface area contributed by atoms with Gasteiger partial charge >= 0.3 is 0 Å². The second-order valence-corrected chi connectivity index (χ2v) is 7.34. The topological polar surface area (TPSA) is 49.4 Å². The summed E-state index contributed by atoms with van der Waals surface area (Å²) >= 11 is 6.14. The Morgan fingerprint density at radius 3 is 2.41 bits per heavy atom. The van der Waals surface area contributed by atoms with Crippen molar-refractivity contribution in [1.82, 2.24) is 9.03 Å². The molecule has 0 radical (unpaired) electrons. The van der Waals surface area contributed by atoms with E-state index in [1.165, 1.54) is 0 Å². The molecule has 100 valence electrons. The van der Waals surface area contributed by atoms with Gasteiger partial charge in [0.15, 0.2) is 0 Å². The van der Waals surface area contributed by atoms with Crippen LogP contribution >= 0.6 is 11.6 Å². The maximum atomic E-state index is 12.0. The second kappa shape index (κ2) is 5.87. The van der Waals surface area contributed by atoms with Crippen LogP contribution in [0, 0.1) is 5.92 Å². The predicted molar refractivity (Wildman–Crippen MR) is 69.3 cm³/mol.